The molecule has 1 aromatic carbocycles. The van der Waals surface area contributed by atoms with Crippen molar-refractivity contribution in [2.45, 2.75) is 18.6 Å². The van der Waals surface area contributed by atoms with Crippen LogP contribution in [0.5, 0.6) is 5.75 Å². The Morgan fingerprint density at radius 2 is 2.39 bits per heavy atom. The van der Waals surface area contributed by atoms with Gasteiger partial charge in [-0.3, -0.25) is 4.79 Å². The smallest absolute Gasteiger partial charge is 0.254 e. The van der Waals surface area contributed by atoms with Gasteiger partial charge in [-0.25, -0.2) is 0 Å². The van der Waals surface area contributed by atoms with E-state index in [0.717, 1.165) is 25.3 Å². The van der Waals surface area contributed by atoms with Crippen LogP contribution in [-0.4, -0.2) is 40.0 Å². The van der Waals surface area contributed by atoms with E-state index in [1.54, 1.807) is 12.1 Å². The summed E-state index contributed by atoms with van der Waals surface area (Å²) in [6.45, 7) is 3.74. The predicted octanol–water partition coefficient (Wildman–Crippen LogP) is 3.12. The number of carbonyl (C=O) groups excluding carboxylic acids is 1. The maximum absolute atomic E-state index is 12.3. The Morgan fingerprint density at radius 1 is 1.61 bits per heavy atom. The number of amides is 1. The summed E-state index contributed by atoms with van der Waals surface area (Å²) in [5.74, 6) is 1.11. The first-order valence-electron chi connectivity index (χ1n) is 6.01. The summed E-state index contributed by atoms with van der Waals surface area (Å²) in [5, 5.41) is 10.2. The van der Waals surface area contributed by atoms with Gasteiger partial charge in [-0.15, -0.1) is 0 Å². The Bertz CT molecular complexity index is 453. The minimum absolute atomic E-state index is 0.0107. The molecule has 1 aliphatic heterocycles. The average Bonchev–Trinajstić information content (AvgIpc) is 2.41. The molecule has 1 amide bonds. The normalized spacial score (nSPS) is 19.9. The lowest BCUT2D eigenvalue weighted by atomic mass is 10.1. The molecule has 5 heteroatoms. The van der Waals surface area contributed by atoms with Gasteiger partial charge in [0.05, 0.1) is 4.47 Å². The molecule has 18 heavy (non-hydrogen) atoms. The van der Waals surface area contributed by atoms with Crippen molar-refractivity contribution < 1.29 is 9.90 Å². The number of rotatable bonds is 2. The molecule has 0 spiro atoms. The lowest BCUT2D eigenvalue weighted by Gasteiger charge is -2.32. The van der Waals surface area contributed by atoms with E-state index in [2.05, 4.69) is 22.9 Å². The van der Waals surface area contributed by atoms with Gasteiger partial charge in [0.2, 0.25) is 0 Å². The van der Waals surface area contributed by atoms with Crippen LogP contribution < -0.4 is 0 Å². The van der Waals surface area contributed by atoms with Crippen LogP contribution in [0.15, 0.2) is 22.7 Å². The zero-order chi connectivity index (χ0) is 13.1. The molecule has 1 aliphatic rings. The Labute approximate surface area is 120 Å². The van der Waals surface area contributed by atoms with Gasteiger partial charge < -0.3 is 10.0 Å². The summed E-state index contributed by atoms with van der Waals surface area (Å²) in [6, 6.07) is 4.97. The molecule has 0 aliphatic carbocycles. The molecule has 0 radical (unpaired) electrons. The maximum Gasteiger partial charge on any atom is 0.254 e. The van der Waals surface area contributed by atoms with E-state index in [4.69, 9.17) is 0 Å². The molecule has 1 atom stereocenters. The van der Waals surface area contributed by atoms with Crippen molar-refractivity contribution in [3.05, 3.63) is 28.2 Å². The van der Waals surface area contributed by atoms with Gasteiger partial charge in [0, 0.05) is 29.7 Å². The molecule has 3 nitrogen and oxygen atoms in total. The molecule has 1 fully saturated rings. The Morgan fingerprint density at radius 3 is 3.06 bits per heavy atom. The molecule has 98 valence electrons. The highest BCUT2D eigenvalue weighted by Crippen LogP contribution is 2.26. The van der Waals surface area contributed by atoms with Gasteiger partial charge in [0.1, 0.15) is 5.75 Å². The highest BCUT2D eigenvalue weighted by atomic mass is 79.9. The third kappa shape index (κ3) is 3.01. The summed E-state index contributed by atoms with van der Waals surface area (Å²) >= 11 is 5.15. The third-order valence-electron chi connectivity index (χ3n) is 3.07. The first-order valence-corrected chi connectivity index (χ1v) is 7.85. The number of phenolic OH excluding ortho intramolecular Hbond substituents is 1. The molecule has 1 N–H and O–H groups in total. The second-order valence-corrected chi connectivity index (χ2v) is 6.58. The van der Waals surface area contributed by atoms with Gasteiger partial charge in [-0.05, 0) is 40.5 Å². The van der Waals surface area contributed by atoms with Crippen LogP contribution in [0.1, 0.15) is 23.7 Å². The summed E-state index contributed by atoms with van der Waals surface area (Å²) in [7, 11) is 0. The number of nitrogens with zero attached hydrogens (tertiary/aromatic N) is 1. The zero-order valence-corrected chi connectivity index (χ0v) is 12.6. The average molecular weight is 330 g/mol. The number of hydrogen-bond acceptors (Lipinski definition) is 3. The molecule has 2 rings (SSSR count). The number of aromatic hydroxyl groups is 1. The van der Waals surface area contributed by atoms with Crippen LogP contribution in [0.25, 0.3) is 0 Å². The molecule has 1 saturated heterocycles. The Hall–Kier alpha value is -0.680. The van der Waals surface area contributed by atoms with Gasteiger partial charge in [-0.1, -0.05) is 6.92 Å². The van der Waals surface area contributed by atoms with Gasteiger partial charge in [0.15, 0.2) is 0 Å². The van der Waals surface area contributed by atoms with E-state index in [1.165, 1.54) is 6.07 Å². The highest BCUT2D eigenvalue weighted by molar-refractivity contribution is 9.10. The number of phenols is 1. The first kappa shape index (κ1) is 13.7. The van der Waals surface area contributed by atoms with Crippen molar-refractivity contribution in [1.82, 2.24) is 4.90 Å². The zero-order valence-electron chi connectivity index (χ0n) is 10.2. The van der Waals surface area contributed by atoms with E-state index in [1.807, 2.05) is 16.7 Å². The number of halogens is 1. The highest BCUT2D eigenvalue weighted by Gasteiger charge is 2.24. The number of hydrogen-bond donors (Lipinski definition) is 1. The Balaban J connectivity index is 2.12. The van der Waals surface area contributed by atoms with E-state index in [0.29, 0.717) is 15.3 Å². The largest absolute Gasteiger partial charge is 0.507 e. The fourth-order valence-corrected chi connectivity index (χ4v) is 3.41. The van der Waals surface area contributed by atoms with Gasteiger partial charge in [-0.2, -0.15) is 11.8 Å². The second-order valence-electron chi connectivity index (χ2n) is 4.32. The van der Waals surface area contributed by atoms with Gasteiger partial charge >= 0.3 is 0 Å². The topological polar surface area (TPSA) is 40.5 Å². The lowest BCUT2D eigenvalue weighted by molar-refractivity contribution is 0.0760. The van der Waals surface area contributed by atoms with E-state index >= 15 is 0 Å². The Kier molecular flexibility index (Phi) is 4.56. The van der Waals surface area contributed by atoms with Crippen molar-refractivity contribution >= 4 is 33.6 Å². The van der Waals surface area contributed by atoms with Crippen molar-refractivity contribution in [3.63, 3.8) is 0 Å². The third-order valence-corrected chi connectivity index (χ3v) is 5.12. The molecule has 0 bridgehead atoms. The predicted molar refractivity (Wildman–Crippen MR) is 78.2 cm³/mol. The van der Waals surface area contributed by atoms with E-state index in [-0.39, 0.29) is 11.7 Å². The minimum Gasteiger partial charge on any atom is -0.507 e. The summed E-state index contributed by atoms with van der Waals surface area (Å²) in [6.07, 6.45) is 1.08. The molecule has 0 aromatic heterocycles. The van der Waals surface area contributed by atoms with Crippen LogP contribution in [0.4, 0.5) is 0 Å². The van der Waals surface area contributed by atoms with Crippen LogP contribution >= 0.6 is 27.7 Å². The van der Waals surface area contributed by atoms with E-state index < -0.39 is 0 Å². The SMILES string of the molecule is CCC1CN(C(=O)c2ccc(Br)c(O)c2)CCS1. The molecular formula is C13H16BrNO2S. The second kappa shape index (κ2) is 5.97. The van der Waals surface area contributed by atoms with Crippen LogP contribution in [0, 0.1) is 0 Å². The van der Waals surface area contributed by atoms with Crippen LogP contribution in [-0.2, 0) is 0 Å². The summed E-state index contributed by atoms with van der Waals surface area (Å²) < 4.78 is 0.611. The molecule has 1 heterocycles. The summed E-state index contributed by atoms with van der Waals surface area (Å²) in [5.41, 5.74) is 0.553. The summed E-state index contributed by atoms with van der Waals surface area (Å²) in [4.78, 5) is 14.2. The van der Waals surface area contributed by atoms with Crippen molar-refractivity contribution in [2.24, 2.45) is 0 Å². The van der Waals surface area contributed by atoms with Gasteiger partial charge in [0.25, 0.3) is 5.91 Å². The maximum atomic E-state index is 12.3. The van der Waals surface area contributed by atoms with Crippen LogP contribution in [0.3, 0.4) is 0 Å². The monoisotopic (exact) mass is 329 g/mol. The van der Waals surface area contributed by atoms with Crippen molar-refractivity contribution in [1.29, 1.82) is 0 Å². The lowest BCUT2D eigenvalue weighted by Crippen LogP contribution is -2.41. The first-order chi connectivity index (χ1) is 8.61. The fraction of sp³-hybridized carbons (Fsp3) is 0.462. The van der Waals surface area contributed by atoms with Crippen molar-refractivity contribution in [3.8, 4) is 5.75 Å². The van der Waals surface area contributed by atoms with E-state index in [9.17, 15) is 9.90 Å². The van der Waals surface area contributed by atoms with Crippen LogP contribution in [0.2, 0.25) is 0 Å². The molecule has 1 aromatic rings. The fourth-order valence-electron chi connectivity index (χ4n) is 1.98. The standard InChI is InChI=1S/C13H16BrNO2S/c1-2-10-8-15(5-6-18-10)13(17)9-3-4-11(14)12(16)7-9/h3-4,7,10,16H,2,5-6,8H2,1H3. The number of carbonyl (C=O) groups is 1. The molecular weight excluding hydrogens is 314 g/mol. The minimum atomic E-state index is 0.0107. The van der Waals surface area contributed by atoms with Crippen molar-refractivity contribution in [2.75, 3.05) is 18.8 Å². The quantitative estimate of drug-likeness (QED) is 0.906. The number of thioether (sulfide) groups is 1. The molecule has 1 unspecified atom stereocenters. The number of benzene rings is 1. The molecule has 0 saturated carbocycles.